The number of aliphatic carboxylic acids is 1. The van der Waals surface area contributed by atoms with Crippen LogP contribution in [0.2, 0.25) is 0 Å². The van der Waals surface area contributed by atoms with Crippen molar-refractivity contribution in [2.45, 2.75) is 12.1 Å². The molecule has 1 aromatic carbocycles. The van der Waals surface area contributed by atoms with Crippen LogP contribution < -0.4 is 5.56 Å². The van der Waals surface area contributed by atoms with Gasteiger partial charge in [-0.25, -0.2) is 0 Å². The van der Waals surface area contributed by atoms with Crippen LogP contribution in [0.1, 0.15) is 5.56 Å². The van der Waals surface area contributed by atoms with Crippen molar-refractivity contribution in [3.63, 3.8) is 0 Å². The van der Waals surface area contributed by atoms with Crippen molar-refractivity contribution in [2.24, 2.45) is 0 Å². The monoisotopic (exact) mass is 354 g/mol. The summed E-state index contributed by atoms with van der Waals surface area (Å²) in [6.45, 7) is 1.95. The summed E-state index contributed by atoms with van der Waals surface area (Å²) >= 11 is 4.44. The van der Waals surface area contributed by atoms with Gasteiger partial charge in [0, 0.05) is 22.4 Å². The average molecular weight is 355 g/mol. The molecule has 0 spiro atoms. The molecule has 5 nitrogen and oxygen atoms in total. The number of thioether (sulfide) groups is 1. The summed E-state index contributed by atoms with van der Waals surface area (Å²) in [6, 6.07) is 7.05. The lowest BCUT2D eigenvalue weighted by Crippen LogP contribution is -2.13. The third kappa shape index (κ3) is 3.49. The van der Waals surface area contributed by atoms with E-state index in [0.717, 1.165) is 27.5 Å². The highest BCUT2D eigenvalue weighted by Crippen LogP contribution is 2.23. The lowest BCUT2D eigenvalue weighted by molar-refractivity contribution is -0.133. The van der Waals surface area contributed by atoms with Crippen molar-refractivity contribution in [2.75, 3.05) is 5.75 Å². The van der Waals surface area contributed by atoms with Crippen molar-refractivity contribution < 1.29 is 9.90 Å². The zero-order valence-electron chi connectivity index (χ0n) is 10.5. The van der Waals surface area contributed by atoms with Crippen LogP contribution in [-0.2, 0) is 4.79 Å². The number of hydrogen-bond acceptors (Lipinski definition) is 4. The summed E-state index contributed by atoms with van der Waals surface area (Å²) in [7, 11) is 0. The lowest BCUT2D eigenvalue weighted by atomic mass is 10.2. The Hall–Kier alpha value is -1.60. The first kappa shape index (κ1) is 14.8. The molecule has 0 unspecified atom stereocenters. The van der Waals surface area contributed by atoms with E-state index in [4.69, 9.17) is 5.11 Å². The molecule has 2 rings (SSSR count). The van der Waals surface area contributed by atoms with Crippen LogP contribution in [0.5, 0.6) is 0 Å². The maximum Gasteiger partial charge on any atom is 0.313 e. The van der Waals surface area contributed by atoms with E-state index in [1.54, 1.807) is 10.8 Å². The van der Waals surface area contributed by atoms with E-state index in [0.29, 0.717) is 5.16 Å². The van der Waals surface area contributed by atoms with E-state index < -0.39 is 5.97 Å². The van der Waals surface area contributed by atoms with Crippen LogP contribution in [0.3, 0.4) is 0 Å². The predicted octanol–water partition coefficient (Wildman–Crippen LogP) is 2.48. The van der Waals surface area contributed by atoms with Crippen molar-refractivity contribution in [3.8, 4) is 5.69 Å². The minimum absolute atomic E-state index is 0.147. The van der Waals surface area contributed by atoms with Gasteiger partial charge >= 0.3 is 5.97 Å². The second-order valence-electron chi connectivity index (χ2n) is 4.03. The molecule has 2 aromatic rings. The molecule has 1 heterocycles. The Kier molecular flexibility index (Phi) is 4.61. The van der Waals surface area contributed by atoms with Gasteiger partial charge in [-0.05, 0) is 30.7 Å². The number of benzene rings is 1. The van der Waals surface area contributed by atoms with Crippen molar-refractivity contribution in [1.82, 2.24) is 9.55 Å². The number of carbonyl (C=O) groups is 1. The first-order chi connectivity index (χ1) is 9.47. The quantitative estimate of drug-likeness (QED) is 0.674. The Bertz CT molecular complexity index is 715. The van der Waals surface area contributed by atoms with Gasteiger partial charge in [-0.2, -0.15) is 4.98 Å². The van der Waals surface area contributed by atoms with E-state index in [2.05, 4.69) is 20.9 Å². The number of rotatable bonds is 4. The molecule has 0 aliphatic rings. The zero-order valence-corrected chi connectivity index (χ0v) is 12.9. The molecule has 1 N–H and O–H groups in total. The molecular formula is C13H11BrN2O3S. The average Bonchev–Trinajstić information content (AvgIpc) is 2.40. The van der Waals surface area contributed by atoms with Crippen LogP contribution in [0.4, 0.5) is 0 Å². The van der Waals surface area contributed by atoms with Gasteiger partial charge in [0.2, 0.25) is 0 Å². The van der Waals surface area contributed by atoms with Crippen LogP contribution in [0.25, 0.3) is 5.69 Å². The van der Waals surface area contributed by atoms with Gasteiger partial charge in [-0.1, -0.05) is 27.7 Å². The third-order valence-corrected chi connectivity index (χ3v) is 4.35. The van der Waals surface area contributed by atoms with Crippen LogP contribution in [0, 0.1) is 6.92 Å². The number of carboxylic acids is 1. The summed E-state index contributed by atoms with van der Waals surface area (Å²) < 4.78 is 2.68. The molecule has 0 saturated heterocycles. The molecule has 0 aliphatic heterocycles. The molecule has 7 heteroatoms. The Morgan fingerprint density at radius 2 is 2.20 bits per heavy atom. The zero-order chi connectivity index (χ0) is 14.7. The molecule has 1 aromatic heterocycles. The topological polar surface area (TPSA) is 72.2 Å². The van der Waals surface area contributed by atoms with Gasteiger partial charge in [-0.15, -0.1) is 0 Å². The summed E-state index contributed by atoms with van der Waals surface area (Å²) in [6.07, 6.45) is 1.60. The maximum atomic E-state index is 11.3. The van der Waals surface area contributed by atoms with E-state index in [-0.39, 0.29) is 11.3 Å². The fourth-order valence-electron chi connectivity index (χ4n) is 1.59. The summed E-state index contributed by atoms with van der Waals surface area (Å²) in [4.78, 5) is 25.9. The molecule has 0 amide bonds. The van der Waals surface area contributed by atoms with E-state index >= 15 is 0 Å². The summed E-state index contributed by atoms with van der Waals surface area (Å²) in [5, 5.41) is 9.11. The second kappa shape index (κ2) is 6.23. The Balaban J connectivity index is 2.46. The lowest BCUT2D eigenvalue weighted by Gasteiger charge is -2.12. The number of nitrogens with zero attached hydrogens (tertiary/aromatic N) is 2. The number of aryl methyl sites for hydroxylation is 1. The van der Waals surface area contributed by atoms with Gasteiger partial charge in [0.15, 0.2) is 5.16 Å². The van der Waals surface area contributed by atoms with Gasteiger partial charge < -0.3 is 5.11 Å². The van der Waals surface area contributed by atoms with Crippen LogP contribution >= 0.6 is 27.7 Å². The van der Waals surface area contributed by atoms with Gasteiger partial charge in [0.1, 0.15) is 0 Å². The minimum Gasteiger partial charge on any atom is -0.481 e. The normalized spacial score (nSPS) is 10.5. The van der Waals surface area contributed by atoms with E-state index in [1.165, 1.54) is 6.07 Å². The molecule has 0 radical (unpaired) electrons. The molecule has 0 saturated carbocycles. The maximum absolute atomic E-state index is 11.3. The predicted molar refractivity (Wildman–Crippen MR) is 80.6 cm³/mol. The number of hydrogen-bond donors (Lipinski definition) is 1. The highest BCUT2D eigenvalue weighted by Gasteiger charge is 2.09. The first-order valence-corrected chi connectivity index (χ1v) is 7.46. The number of carboxylic acid groups (broad SMARTS) is 1. The van der Waals surface area contributed by atoms with Crippen molar-refractivity contribution in [1.29, 1.82) is 0 Å². The smallest absolute Gasteiger partial charge is 0.313 e. The van der Waals surface area contributed by atoms with Gasteiger partial charge in [0.05, 0.1) is 5.75 Å². The fraction of sp³-hybridized carbons (Fsp3) is 0.154. The van der Waals surface area contributed by atoms with Crippen LogP contribution in [0.15, 0.2) is 44.9 Å². The van der Waals surface area contributed by atoms with Crippen LogP contribution in [-0.4, -0.2) is 26.4 Å². The molecule has 0 bridgehead atoms. The molecule has 0 aliphatic carbocycles. The van der Waals surface area contributed by atoms with E-state index in [9.17, 15) is 9.59 Å². The van der Waals surface area contributed by atoms with Crippen molar-refractivity contribution in [3.05, 3.63) is 50.9 Å². The largest absolute Gasteiger partial charge is 0.481 e. The number of aromatic nitrogens is 2. The molecule has 104 valence electrons. The van der Waals surface area contributed by atoms with Gasteiger partial charge in [-0.3, -0.25) is 14.2 Å². The first-order valence-electron chi connectivity index (χ1n) is 5.68. The van der Waals surface area contributed by atoms with E-state index in [1.807, 2.05) is 25.1 Å². The fourth-order valence-corrected chi connectivity index (χ4v) is 2.55. The Morgan fingerprint density at radius 3 is 2.85 bits per heavy atom. The highest BCUT2D eigenvalue weighted by molar-refractivity contribution is 9.10. The summed E-state index contributed by atoms with van der Waals surface area (Å²) in [5.41, 5.74) is 1.48. The Morgan fingerprint density at radius 1 is 1.45 bits per heavy atom. The standard InChI is InChI=1S/C13H11BrN2O3S/c1-8-6-9(2-3-10(8)14)16-5-4-11(17)15-13(16)20-7-12(18)19/h2-6H,7H2,1H3,(H,18,19). The molecule has 20 heavy (non-hydrogen) atoms. The highest BCUT2D eigenvalue weighted by atomic mass is 79.9. The SMILES string of the molecule is Cc1cc(-n2ccc(=O)nc2SCC(=O)O)ccc1Br. The molecule has 0 fully saturated rings. The van der Waals surface area contributed by atoms with Crippen molar-refractivity contribution >= 4 is 33.7 Å². The van der Waals surface area contributed by atoms with Gasteiger partial charge in [0.25, 0.3) is 5.56 Å². The molecule has 0 atom stereocenters. The second-order valence-corrected chi connectivity index (χ2v) is 5.83. The number of halogens is 1. The third-order valence-electron chi connectivity index (χ3n) is 2.52. The Labute approximate surface area is 127 Å². The summed E-state index contributed by atoms with van der Waals surface area (Å²) in [5.74, 6) is -1.10. The minimum atomic E-state index is -0.952. The molecular weight excluding hydrogens is 344 g/mol.